The molecule has 0 atom stereocenters. The predicted octanol–water partition coefficient (Wildman–Crippen LogP) is 2.84. The van der Waals surface area contributed by atoms with Crippen molar-refractivity contribution in [1.29, 1.82) is 0 Å². The highest BCUT2D eigenvalue weighted by Crippen LogP contribution is 2.32. The zero-order chi connectivity index (χ0) is 18.9. The van der Waals surface area contributed by atoms with E-state index in [0.29, 0.717) is 24.3 Å². The van der Waals surface area contributed by atoms with Gasteiger partial charge in [0.15, 0.2) is 16.9 Å². The number of ether oxygens (including phenoxy) is 2. The molecular weight excluding hydrogens is 356 g/mol. The molecule has 0 aliphatic carbocycles. The van der Waals surface area contributed by atoms with Gasteiger partial charge in [-0.3, -0.25) is 14.6 Å². The van der Waals surface area contributed by atoms with Crippen molar-refractivity contribution in [2.24, 2.45) is 0 Å². The Morgan fingerprint density at radius 1 is 0.821 bits per heavy atom. The highest BCUT2D eigenvalue weighted by molar-refractivity contribution is 5.76. The molecule has 1 aromatic heterocycles. The van der Waals surface area contributed by atoms with E-state index < -0.39 is 0 Å². The lowest BCUT2D eigenvalue weighted by molar-refractivity contribution is 0.116. The molecule has 2 aliphatic heterocycles. The number of fused-ring (bicyclic) bond motifs is 2. The van der Waals surface area contributed by atoms with Crippen molar-refractivity contribution in [1.82, 2.24) is 9.80 Å². The Morgan fingerprint density at radius 2 is 1.57 bits per heavy atom. The van der Waals surface area contributed by atoms with E-state index in [4.69, 9.17) is 13.9 Å². The molecule has 2 aromatic carbocycles. The second-order valence-electron chi connectivity index (χ2n) is 7.31. The van der Waals surface area contributed by atoms with Crippen LogP contribution in [-0.2, 0) is 13.1 Å². The Bertz CT molecular complexity index is 1050. The number of hydrogen-bond acceptors (Lipinski definition) is 6. The molecule has 3 heterocycles. The van der Waals surface area contributed by atoms with Crippen LogP contribution < -0.4 is 14.9 Å². The van der Waals surface area contributed by atoms with E-state index in [9.17, 15) is 4.79 Å². The molecule has 0 saturated carbocycles. The molecule has 2 aliphatic rings. The van der Waals surface area contributed by atoms with Crippen LogP contribution in [0.15, 0.2) is 57.7 Å². The van der Waals surface area contributed by atoms with Crippen LogP contribution in [0.5, 0.6) is 11.5 Å². The second-order valence-corrected chi connectivity index (χ2v) is 7.31. The highest BCUT2D eigenvalue weighted by Gasteiger charge is 2.20. The van der Waals surface area contributed by atoms with Gasteiger partial charge in [-0.25, -0.2) is 0 Å². The molecule has 0 N–H and O–H groups in total. The van der Waals surface area contributed by atoms with Crippen LogP contribution in [-0.4, -0.2) is 42.8 Å². The molecule has 0 unspecified atom stereocenters. The average molecular weight is 378 g/mol. The van der Waals surface area contributed by atoms with E-state index >= 15 is 0 Å². The minimum Gasteiger partial charge on any atom is -0.459 e. The summed E-state index contributed by atoms with van der Waals surface area (Å²) in [5.74, 6) is 2.39. The molecule has 5 rings (SSSR count). The van der Waals surface area contributed by atoms with Crippen LogP contribution in [0.25, 0.3) is 11.0 Å². The van der Waals surface area contributed by atoms with Crippen molar-refractivity contribution in [2.45, 2.75) is 13.1 Å². The Morgan fingerprint density at radius 3 is 2.43 bits per heavy atom. The normalized spacial score (nSPS) is 17.3. The van der Waals surface area contributed by atoms with E-state index in [2.05, 4.69) is 21.9 Å². The predicted molar refractivity (Wildman–Crippen MR) is 106 cm³/mol. The maximum atomic E-state index is 12.3. The Kier molecular flexibility index (Phi) is 4.50. The summed E-state index contributed by atoms with van der Waals surface area (Å²) in [7, 11) is 0. The molecule has 1 saturated heterocycles. The smallest absolute Gasteiger partial charge is 0.231 e. The van der Waals surface area contributed by atoms with E-state index in [-0.39, 0.29) is 5.43 Å². The molecule has 0 radical (unpaired) electrons. The zero-order valence-electron chi connectivity index (χ0n) is 15.6. The molecule has 0 spiro atoms. The number of para-hydroxylation sites is 1. The molecule has 0 amide bonds. The standard InChI is InChI=1S/C22H22N2O4/c25-19-12-17(28-20-4-2-1-3-18(19)20)14-24-9-7-23(8-10-24)13-16-5-6-21-22(11-16)27-15-26-21/h1-6,11-12H,7-10,13-15H2. The Balaban J connectivity index is 1.20. The van der Waals surface area contributed by atoms with Crippen molar-refractivity contribution in [3.63, 3.8) is 0 Å². The van der Waals surface area contributed by atoms with Gasteiger partial charge in [0.05, 0.1) is 11.9 Å². The third kappa shape index (κ3) is 3.48. The minimum absolute atomic E-state index is 0.0262. The van der Waals surface area contributed by atoms with E-state index in [0.717, 1.165) is 50.0 Å². The summed E-state index contributed by atoms with van der Waals surface area (Å²) in [6.07, 6.45) is 0. The third-order valence-corrected chi connectivity index (χ3v) is 5.37. The van der Waals surface area contributed by atoms with Crippen LogP contribution in [0.2, 0.25) is 0 Å². The van der Waals surface area contributed by atoms with Gasteiger partial charge >= 0.3 is 0 Å². The third-order valence-electron chi connectivity index (χ3n) is 5.37. The van der Waals surface area contributed by atoms with Crippen molar-refractivity contribution in [2.75, 3.05) is 33.0 Å². The lowest BCUT2D eigenvalue weighted by Gasteiger charge is -2.34. The summed E-state index contributed by atoms with van der Waals surface area (Å²) < 4.78 is 16.8. The van der Waals surface area contributed by atoms with E-state index in [1.54, 1.807) is 12.1 Å². The zero-order valence-corrected chi connectivity index (χ0v) is 15.6. The number of nitrogens with zero attached hydrogens (tertiary/aromatic N) is 2. The molecule has 144 valence electrons. The summed E-state index contributed by atoms with van der Waals surface area (Å²) in [4.78, 5) is 17.0. The largest absolute Gasteiger partial charge is 0.459 e. The maximum absolute atomic E-state index is 12.3. The Labute approximate surface area is 162 Å². The molecule has 6 nitrogen and oxygen atoms in total. The molecule has 3 aromatic rings. The first-order valence-electron chi connectivity index (χ1n) is 9.60. The summed E-state index contributed by atoms with van der Waals surface area (Å²) in [5.41, 5.74) is 1.92. The topological polar surface area (TPSA) is 55.2 Å². The fourth-order valence-electron chi connectivity index (χ4n) is 3.86. The van der Waals surface area contributed by atoms with Gasteiger partial charge in [0.2, 0.25) is 6.79 Å². The first-order valence-corrected chi connectivity index (χ1v) is 9.60. The van der Waals surface area contributed by atoms with E-state index in [1.807, 2.05) is 24.3 Å². The summed E-state index contributed by atoms with van der Waals surface area (Å²) in [5, 5.41) is 0.639. The van der Waals surface area contributed by atoms with Crippen LogP contribution in [0.4, 0.5) is 0 Å². The molecular formula is C22H22N2O4. The van der Waals surface area contributed by atoms with Crippen molar-refractivity contribution in [3.05, 3.63) is 70.1 Å². The fourth-order valence-corrected chi connectivity index (χ4v) is 3.86. The van der Waals surface area contributed by atoms with Gasteiger partial charge in [-0.2, -0.15) is 0 Å². The van der Waals surface area contributed by atoms with Crippen LogP contribution in [0, 0.1) is 0 Å². The lowest BCUT2D eigenvalue weighted by atomic mass is 10.1. The summed E-state index contributed by atoms with van der Waals surface area (Å²) in [6, 6.07) is 15.2. The molecule has 1 fully saturated rings. The number of rotatable bonds is 4. The Hall–Kier alpha value is -2.83. The number of hydrogen-bond donors (Lipinski definition) is 0. The first-order chi connectivity index (χ1) is 13.7. The van der Waals surface area contributed by atoms with Crippen molar-refractivity contribution in [3.8, 4) is 11.5 Å². The van der Waals surface area contributed by atoms with Gasteiger partial charge in [0.25, 0.3) is 0 Å². The number of benzene rings is 2. The number of piperazine rings is 1. The second kappa shape index (κ2) is 7.30. The molecule has 28 heavy (non-hydrogen) atoms. The van der Waals surface area contributed by atoms with Gasteiger partial charge in [0.1, 0.15) is 11.3 Å². The lowest BCUT2D eigenvalue weighted by Crippen LogP contribution is -2.45. The average Bonchev–Trinajstić information content (AvgIpc) is 3.17. The monoisotopic (exact) mass is 378 g/mol. The summed E-state index contributed by atoms with van der Waals surface area (Å²) in [6.45, 7) is 5.72. The van der Waals surface area contributed by atoms with Gasteiger partial charge in [-0.15, -0.1) is 0 Å². The van der Waals surface area contributed by atoms with Crippen LogP contribution in [0.3, 0.4) is 0 Å². The van der Waals surface area contributed by atoms with Crippen LogP contribution in [0.1, 0.15) is 11.3 Å². The van der Waals surface area contributed by atoms with Gasteiger partial charge in [-0.1, -0.05) is 18.2 Å². The quantitative estimate of drug-likeness (QED) is 0.696. The fraction of sp³-hybridized carbons (Fsp3) is 0.318. The van der Waals surface area contributed by atoms with Crippen molar-refractivity contribution < 1.29 is 13.9 Å². The molecule has 6 heteroatoms. The van der Waals surface area contributed by atoms with Crippen molar-refractivity contribution >= 4 is 11.0 Å². The SMILES string of the molecule is O=c1cc(CN2CCN(Cc3ccc4c(c3)OCO4)CC2)oc2ccccc12. The maximum Gasteiger partial charge on any atom is 0.231 e. The highest BCUT2D eigenvalue weighted by atomic mass is 16.7. The van der Waals surface area contributed by atoms with Crippen LogP contribution >= 0.6 is 0 Å². The van der Waals surface area contributed by atoms with Gasteiger partial charge < -0.3 is 13.9 Å². The first kappa shape index (κ1) is 17.3. The minimum atomic E-state index is 0.0262. The molecule has 0 bridgehead atoms. The van der Waals surface area contributed by atoms with Gasteiger partial charge in [-0.05, 0) is 29.8 Å². The van der Waals surface area contributed by atoms with Gasteiger partial charge in [0, 0.05) is 38.8 Å². The summed E-state index contributed by atoms with van der Waals surface area (Å²) >= 11 is 0. The van der Waals surface area contributed by atoms with E-state index in [1.165, 1.54) is 5.56 Å².